The lowest BCUT2D eigenvalue weighted by Gasteiger charge is -2.32. The summed E-state index contributed by atoms with van der Waals surface area (Å²) in [5.74, 6) is 1.37. The molecule has 1 saturated heterocycles. The highest BCUT2D eigenvalue weighted by atomic mass is 16.5. The molecule has 6 heteroatoms. The van der Waals surface area contributed by atoms with Crippen LogP contribution in [0.15, 0.2) is 12.4 Å². The number of morpholine rings is 1. The van der Waals surface area contributed by atoms with Gasteiger partial charge >= 0.3 is 0 Å². The first-order valence-corrected chi connectivity index (χ1v) is 8.12. The van der Waals surface area contributed by atoms with Crippen LogP contribution in [-0.2, 0) is 16.1 Å². The first kappa shape index (κ1) is 17.0. The molecule has 0 bridgehead atoms. The van der Waals surface area contributed by atoms with Crippen molar-refractivity contribution in [3.8, 4) is 0 Å². The fraction of sp³-hybridized carbons (Fsp3) is 0.750. The van der Waals surface area contributed by atoms with Gasteiger partial charge in [0.1, 0.15) is 5.82 Å². The molecule has 1 fully saturated rings. The topological polar surface area (TPSA) is 59.4 Å². The predicted octanol–water partition coefficient (Wildman–Crippen LogP) is 1.44. The lowest BCUT2D eigenvalue weighted by Crippen LogP contribution is -2.52. The van der Waals surface area contributed by atoms with E-state index in [4.69, 9.17) is 4.74 Å². The van der Waals surface area contributed by atoms with Crippen molar-refractivity contribution in [2.24, 2.45) is 5.92 Å². The monoisotopic (exact) mass is 308 g/mol. The summed E-state index contributed by atoms with van der Waals surface area (Å²) in [4.78, 5) is 19.0. The van der Waals surface area contributed by atoms with Crippen molar-refractivity contribution in [3.05, 3.63) is 18.2 Å². The second-order valence-corrected chi connectivity index (χ2v) is 6.38. The Balaban J connectivity index is 1.99. The van der Waals surface area contributed by atoms with Crippen molar-refractivity contribution >= 4 is 5.91 Å². The second kappa shape index (κ2) is 7.74. The molecule has 1 atom stereocenters. The van der Waals surface area contributed by atoms with Crippen LogP contribution in [0.5, 0.6) is 0 Å². The van der Waals surface area contributed by atoms with Crippen molar-refractivity contribution in [2.75, 3.05) is 26.3 Å². The highest BCUT2D eigenvalue weighted by molar-refractivity contribution is 5.82. The van der Waals surface area contributed by atoms with Crippen molar-refractivity contribution in [1.29, 1.82) is 0 Å². The maximum Gasteiger partial charge on any atom is 0.240 e. The number of ether oxygens (including phenoxy) is 1. The lowest BCUT2D eigenvalue weighted by atomic mass is 10.0. The molecular weight excluding hydrogens is 280 g/mol. The Bertz CT molecular complexity index is 478. The molecule has 1 unspecified atom stereocenters. The molecule has 1 aromatic rings. The minimum Gasteiger partial charge on any atom is -0.378 e. The molecule has 2 rings (SSSR count). The van der Waals surface area contributed by atoms with Crippen LogP contribution in [0, 0.1) is 5.92 Å². The molecule has 2 heterocycles. The molecule has 1 aliphatic heterocycles. The Kier molecular flexibility index (Phi) is 5.97. The molecule has 1 N–H and O–H groups in total. The van der Waals surface area contributed by atoms with E-state index in [1.807, 2.05) is 17.3 Å². The number of nitrogens with one attached hydrogen (secondary N) is 1. The van der Waals surface area contributed by atoms with Gasteiger partial charge in [-0.3, -0.25) is 10.1 Å². The maximum absolute atomic E-state index is 12.7. The summed E-state index contributed by atoms with van der Waals surface area (Å²) in [6.07, 6.45) is 3.79. The Morgan fingerprint density at radius 2 is 2.00 bits per heavy atom. The lowest BCUT2D eigenvalue weighted by molar-refractivity contribution is -0.138. The number of imidazole rings is 1. The first-order chi connectivity index (χ1) is 10.5. The minimum absolute atomic E-state index is 0.168. The number of hydrogen-bond acceptors (Lipinski definition) is 4. The van der Waals surface area contributed by atoms with Crippen LogP contribution in [0.25, 0.3) is 0 Å². The van der Waals surface area contributed by atoms with Crippen LogP contribution < -0.4 is 5.32 Å². The zero-order chi connectivity index (χ0) is 16.1. The van der Waals surface area contributed by atoms with E-state index in [0.29, 0.717) is 38.9 Å². The van der Waals surface area contributed by atoms with E-state index in [0.717, 1.165) is 5.82 Å². The molecule has 6 nitrogen and oxygen atoms in total. The fourth-order valence-corrected chi connectivity index (χ4v) is 2.74. The SMILES string of the molecule is CC(C)C(NCc1nccn1C(C)C)C(=O)N1CCOCC1. The quantitative estimate of drug-likeness (QED) is 0.864. The zero-order valence-electron chi connectivity index (χ0n) is 14.1. The van der Waals surface area contributed by atoms with Crippen LogP contribution in [-0.4, -0.2) is 52.7 Å². The molecule has 0 radical (unpaired) electrons. The van der Waals surface area contributed by atoms with Gasteiger partial charge in [-0.25, -0.2) is 4.98 Å². The molecule has 124 valence electrons. The summed E-state index contributed by atoms with van der Waals surface area (Å²) in [5, 5.41) is 3.40. The summed E-state index contributed by atoms with van der Waals surface area (Å²) in [7, 11) is 0. The Labute approximate surface area is 132 Å². The van der Waals surface area contributed by atoms with E-state index >= 15 is 0 Å². The fourth-order valence-electron chi connectivity index (χ4n) is 2.74. The zero-order valence-corrected chi connectivity index (χ0v) is 14.1. The molecule has 22 heavy (non-hydrogen) atoms. The normalized spacial score (nSPS) is 17.3. The number of carbonyl (C=O) groups excluding carboxylic acids is 1. The number of amides is 1. The van der Waals surface area contributed by atoms with Crippen molar-refractivity contribution in [2.45, 2.75) is 46.3 Å². The molecule has 0 aliphatic carbocycles. The average Bonchev–Trinajstić information content (AvgIpc) is 2.96. The van der Waals surface area contributed by atoms with Crippen LogP contribution >= 0.6 is 0 Å². The Hall–Kier alpha value is -1.40. The second-order valence-electron chi connectivity index (χ2n) is 6.38. The number of carbonyl (C=O) groups is 1. The Morgan fingerprint density at radius 1 is 1.32 bits per heavy atom. The summed E-state index contributed by atoms with van der Waals surface area (Å²) >= 11 is 0. The van der Waals surface area contributed by atoms with E-state index in [1.54, 1.807) is 0 Å². The molecule has 1 aliphatic rings. The van der Waals surface area contributed by atoms with Gasteiger partial charge in [0.2, 0.25) is 5.91 Å². The van der Waals surface area contributed by atoms with E-state index in [2.05, 4.69) is 42.6 Å². The first-order valence-electron chi connectivity index (χ1n) is 8.12. The van der Waals surface area contributed by atoms with Crippen LogP contribution in [0.1, 0.15) is 39.6 Å². The molecule has 1 amide bonds. The molecule has 0 saturated carbocycles. The number of rotatable bonds is 6. The third-order valence-electron chi connectivity index (χ3n) is 4.04. The summed E-state index contributed by atoms with van der Waals surface area (Å²) in [6.45, 7) is 11.6. The smallest absolute Gasteiger partial charge is 0.240 e. The highest BCUT2D eigenvalue weighted by Crippen LogP contribution is 2.11. The van der Waals surface area contributed by atoms with Gasteiger partial charge in [-0.2, -0.15) is 0 Å². The molecule has 0 aromatic carbocycles. The van der Waals surface area contributed by atoms with Gasteiger partial charge in [-0.05, 0) is 19.8 Å². The van der Waals surface area contributed by atoms with Crippen molar-refractivity contribution in [3.63, 3.8) is 0 Å². The molecule has 0 spiro atoms. The Morgan fingerprint density at radius 3 is 2.59 bits per heavy atom. The highest BCUT2D eigenvalue weighted by Gasteiger charge is 2.28. The minimum atomic E-state index is -0.185. The summed E-state index contributed by atoms with van der Waals surface area (Å²) < 4.78 is 7.45. The van der Waals surface area contributed by atoms with Crippen molar-refractivity contribution < 1.29 is 9.53 Å². The van der Waals surface area contributed by atoms with E-state index in [9.17, 15) is 4.79 Å². The van der Waals surface area contributed by atoms with Gasteiger partial charge in [0.25, 0.3) is 0 Å². The van der Waals surface area contributed by atoms with Crippen molar-refractivity contribution in [1.82, 2.24) is 19.8 Å². The van der Waals surface area contributed by atoms with Crippen LogP contribution in [0.2, 0.25) is 0 Å². The van der Waals surface area contributed by atoms with Gasteiger partial charge in [0.15, 0.2) is 0 Å². The van der Waals surface area contributed by atoms with E-state index in [1.165, 1.54) is 0 Å². The van der Waals surface area contributed by atoms with E-state index in [-0.39, 0.29) is 17.9 Å². The van der Waals surface area contributed by atoms with E-state index < -0.39 is 0 Å². The predicted molar refractivity (Wildman–Crippen MR) is 85.5 cm³/mol. The average molecular weight is 308 g/mol. The molecule has 1 aromatic heterocycles. The van der Waals surface area contributed by atoms with Crippen LogP contribution in [0.4, 0.5) is 0 Å². The van der Waals surface area contributed by atoms with Gasteiger partial charge in [0, 0.05) is 31.5 Å². The van der Waals surface area contributed by atoms with Gasteiger partial charge < -0.3 is 14.2 Å². The maximum atomic E-state index is 12.7. The molecular formula is C16H28N4O2. The summed E-state index contributed by atoms with van der Waals surface area (Å²) in [5.41, 5.74) is 0. The number of hydrogen-bond donors (Lipinski definition) is 1. The third kappa shape index (κ3) is 4.08. The standard InChI is InChI=1S/C16H28N4O2/c1-12(2)15(16(21)19-7-9-22-10-8-19)18-11-14-17-5-6-20(14)13(3)4/h5-6,12-13,15,18H,7-11H2,1-4H3. The number of aromatic nitrogens is 2. The third-order valence-corrected chi connectivity index (χ3v) is 4.04. The van der Waals surface area contributed by atoms with Gasteiger partial charge in [0.05, 0.1) is 25.8 Å². The van der Waals surface area contributed by atoms with Crippen LogP contribution in [0.3, 0.4) is 0 Å². The number of nitrogens with zero attached hydrogens (tertiary/aromatic N) is 3. The largest absolute Gasteiger partial charge is 0.378 e. The summed E-state index contributed by atoms with van der Waals surface area (Å²) in [6, 6.07) is 0.183. The van der Waals surface area contributed by atoms with Gasteiger partial charge in [-0.15, -0.1) is 0 Å². The van der Waals surface area contributed by atoms with Gasteiger partial charge in [-0.1, -0.05) is 13.8 Å².